The van der Waals surface area contributed by atoms with Crippen molar-refractivity contribution in [3.8, 4) is 6.07 Å². The summed E-state index contributed by atoms with van der Waals surface area (Å²) in [5.41, 5.74) is 1.48. The van der Waals surface area contributed by atoms with Crippen LogP contribution >= 0.6 is 15.9 Å². The molecule has 1 aromatic carbocycles. The molecule has 0 radical (unpaired) electrons. The molecule has 0 aliphatic carbocycles. The zero-order valence-electron chi connectivity index (χ0n) is 8.83. The summed E-state index contributed by atoms with van der Waals surface area (Å²) in [5.74, 6) is 0.991. The van der Waals surface area contributed by atoms with E-state index in [0.717, 1.165) is 35.4 Å². The zero-order chi connectivity index (χ0) is 11.4. The summed E-state index contributed by atoms with van der Waals surface area (Å²) >= 11 is 3.35. The van der Waals surface area contributed by atoms with E-state index in [1.54, 1.807) is 0 Å². The molecule has 0 atom stereocenters. The number of amidine groups is 1. The van der Waals surface area contributed by atoms with Crippen LogP contribution in [0.4, 0.5) is 5.69 Å². The van der Waals surface area contributed by atoms with E-state index in [2.05, 4.69) is 32.3 Å². The fourth-order valence-corrected chi connectivity index (χ4v) is 2.03. The zero-order valence-corrected chi connectivity index (χ0v) is 10.4. The van der Waals surface area contributed by atoms with Gasteiger partial charge in [0, 0.05) is 17.4 Å². The molecule has 16 heavy (non-hydrogen) atoms. The first-order chi connectivity index (χ1) is 7.79. The maximum atomic E-state index is 9.02. The van der Waals surface area contributed by atoms with Gasteiger partial charge in [0.2, 0.25) is 0 Å². The van der Waals surface area contributed by atoms with Gasteiger partial charge in [-0.1, -0.05) is 15.9 Å². The first kappa shape index (κ1) is 11.2. The fraction of sp³-hybridized carbons (Fsp3) is 0.333. The van der Waals surface area contributed by atoms with Gasteiger partial charge in [0.15, 0.2) is 0 Å². The van der Waals surface area contributed by atoms with E-state index in [9.17, 15) is 0 Å². The Labute approximate surface area is 103 Å². The van der Waals surface area contributed by atoms with Crippen LogP contribution in [0.25, 0.3) is 0 Å². The van der Waals surface area contributed by atoms with Crippen molar-refractivity contribution in [2.45, 2.75) is 19.3 Å². The smallest absolute Gasteiger partial charge is 0.101 e. The summed E-state index contributed by atoms with van der Waals surface area (Å²) in [6, 6.07) is 7.82. The first-order valence-corrected chi connectivity index (χ1v) is 6.09. The molecule has 82 valence electrons. The number of nitrogens with zero attached hydrogens (tertiary/aromatic N) is 2. The number of halogens is 1. The van der Waals surface area contributed by atoms with E-state index >= 15 is 0 Å². The number of nitriles is 1. The first-order valence-electron chi connectivity index (χ1n) is 5.29. The fourth-order valence-electron chi connectivity index (χ4n) is 1.67. The molecule has 0 bridgehead atoms. The van der Waals surface area contributed by atoms with Crippen LogP contribution in [0, 0.1) is 11.3 Å². The molecule has 0 saturated carbocycles. The lowest BCUT2D eigenvalue weighted by molar-refractivity contribution is 0.737. The Morgan fingerprint density at radius 2 is 2.25 bits per heavy atom. The number of hydrogen-bond donors (Lipinski definition) is 1. The Hall–Kier alpha value is -1.34. The van der Waals surface area contributed by atoms with Crippen molar-refractivity contribution in [1.82, 2.24) is 0 Å². The van der Waals surface area contributed by atoms with E-state index in [0.29, 0.717) is 5.56 Å². The van der Waals surface area contributed by atoms with Crippen LogP contribution in [0.1, 0.15) is 24.8 Å². The molecule has 2 rings (SSSR count). The molecule has 0 saturated heterocycles. The second-order valence-electron chi connectivity index (χ2n) is 3.71. The molecular formula is C12H12BrN3. The lowest BCUT2D eigenvalue weighted by atomic mass is 10.1. The summed E-state index contributed by atoms with van der Waals surface area (Å²) in [7, 11) is 0. The normalized spacial score (nSPS) is 15.1. The Balaban J connectivity index is 2.21. The van der Waals surface area contributed by atoms with Gasteiger partial charge in [-0.25, -0.2) is 0 Å². The molecule has 3 nitrogen and oxygen atoms in total. The van der Waals surface area contributed by atoms with Crippen LogP contribution in [0.5, 0.6) is 0 Å². The second-order valence-corrected chi connectivity index (χ2v) is 4.63. The average molecular weight is 278 g/mol. The van der Waals surface area contributed by atoms with Crippen LogP contribution in [0.2, 0.25) is 0 Å². The maximum Gasteiger partial charge on any atom is 0.101 e. The highest BCUT2D eigenvalue weighted by Crippen LogP contribution is 2.21. The van der Waals surface area contributed by atoms with E-state index in [1.165, 1.54) is 6.42 Å². The molecule has 0 amide bonds. The van der Waals surface area contributed by atoms with Gasteiger partial charge in [-0.3, -0.25) is 4.99 Å². The molecule has 1 heterocycles. The number of aliphatic imine (C=N–C) groups is 1. The van der Waals surface area contributed by atoms with Crippen LogP contribution in [0.3, 0.4) is 0 Å². The van der Waals surface area contributed by atoms with Crippen molar-refractivity contribution in [1.29, 1.82) is 5.26 Å². The van der Waals surface area contributed by atoms with Crippen molar-refractivity contribution in [2.75, 3.05) is 11.9 Å². The number of rotatable bonds is 1. The molecule has 1 aliphatic rings. The van der Waals surface area contributed by atoms with Crippen LogP contribution < -0.4 is 5.32 Å². The highest BCUT2D eigenvalue weighted by Gasteiger charge is 2.08. The van der Waals surface area contributed by atoms with Crippen LogP contribution in [-0.2, 0) is 0 Å². The van der Waals surface area contributed by atoms with Crippen molar-refractivity contribution in [2.24, 2.45) is 4.99 Å². The minimum atomic E-state index is 0.641. The van der Waals surface area contributed by atoms with Gasteiger partial charge in [0.25, 0.3) is 0 Å². The minimum Gasteiger partial charge on any atom is -0.343 e. The van der Waals surface area contributed by atoms with Gasteiger partial charge < -0.3 is 5.32 Å². The highest BCUT2D eigenvalue weighted by atomic mass is 79.9. The Morgan fingerprint density at radius 3 is 2.94 bits per heavy atom. The minimum absolute atomic E-state index is 0.641. The van der Waals surface area contributed by atoms with E-state index < -0.39 is 0 Å². The van der Waals surface area contributed by atoms with Crippen molar-refractivity contribution in [3.63, 3.8) is 0 Å². The predicted molar refractivity (Wildman–Crippen MR) is 68.6 cm³/mol. The topological polar surface area (TPSA) is 48.2 Å². The number of anilines is 1. The van der Waals surface area contributed by atoms with Crippen LogP contribution in [-0.4, -0.2) is 12.4 Å². The number of nitrogens with one attached hydrogen (secondary N) is 1. The number of benzene rings is 1. The average Bonchev–Trinajstić information content (AvgIpc) is 2.33. The molecule has 0 aromatic heterocycles. The maximum absolute atomic E-state index is 9.02. The van der Waals surface area contributed by atoms with Crippen molar-refractivity contribution >= 4 is 27.5 Å². The molecule has 1 aliphatic heterocycles. The van der Waals surface area contributed by atoms with E-state index in [1.807, 2.05) is 18.2 Å². The summed E-state index contributed by atoms with van der Waals surface area (Å²) in [5, 5.41) is 12.3. The molecule has 1 N–H and O–H groups in total. The monoisotopic (exact) mass is 277 g/mol. The van der Waals surface area contributed by atoms with Gasteiger partial charge in [-0.15, -0.1) is 0 Å². The molecule has 0 unspecified atom stereocenters. The standard InChI is InChI=1S/C12H12BrN3/c13-10-4-5-11(9(7-10)8-14)16-12-3-1-2-6-15-12/h4-5,7H,1-3,6H2,(H,15,16). The third kappa shape index (κ3) is 2.61. The SMILES string of the molecule is N#Cc1cc(Br)ccc1NC1=NCCCC1. The Kier molecular flexibility index (Phi) is 3.58. The summed E-state index contributed by atoms with van der Waals surface area (Å²) in [4.78, 5) is 4.41. The largest absolute Gasteiger partial charge is 0.343 e. The lowest BCUT2D eigenvalue weighted by Crippen LogP contribution is -2.16. The van der Waals surface area contributed by atoms with Crippen molar-refractivity contribution < 1.29 is 0 Å². The third-order valence-electron chi connectivity index (χ3n) is 2.51. The molecular weight excluding hydrogens is 266 g/mol. The van der Waals surface area contributed by atoms with Gasteiger partial charge in [0.05, 0.1) is 11.3 Å². The van der Waals surface area contributed by atoms with Gasteiger partial charge in [0.1, 0.15) is 11.9 Å². The third-order valence-corrected chi connectivity index (χ3v) is 3.00. The van der Waals surface area contributed by atoms with Gasteiger partial charge in [-0.05, 0) is 31.0 Å². The quantitative estimate of drug-likeness (QED) is 0.856. The van der Waals surface area contributed by atoms with E-state index in [-0.39, 0.29) is 0 Å². The Morgan fingerprint density at radius 1 is 1.38 bits per heavy atom. The van der Waals surface area contributed by atoms with Crippen molar-refractivity contribution in [3.05, 3.63) is 28.2 Å². The molecule has 0 spiro atoms. The molecule has 4 heteroatoms. The van der Waals surface area contributed by atoms with Gasteiger partial charge >= 0.3 is 0 Å². The second kappa shape index (κ2) is 5.13. The highest BCUT2D eigenvalue weighted by molar-refractivity contribution is 9.10. The summed E-state index contributed by atoms with van der Waals surface area (Å²) in [6.45, 7) is 0.890. The predicted octanol–water partition coefficient (Wildman–Crippen LogP) is 3.32. The van der Waals surface area contributed by atoms with Crippen LogP contribution in [0.15, 0.2) is 27.7 Å². The van der Waals surface area contributed by atoms with Gasteiger partial charge in [-0.2, -0.15) is 5.26 Å². The molecule has 0 fully saturated rings. The Bertz CT molecular complexity index is 460. The lowest BCUT2D eigenvalue weighted by Gasteiger charge is -2.14. The molecule has 1 aromatic rings. The summed E-state index contributed by atoms with van der Waals surface area (Å²) in [6.07, 6.45) is 3.31. The van der Waals surface area contributed by atoms with E-state index in [4.69, 9.17) is 5.26 Å². The summed E-state index contributed by atoms with van der Waals surface area (Å²) < 4.78 is 0.917. The number of hydrogen-bond acceptors (Lipinski definition) is 3.